The van der Waals surface area contributed by atoms with Gasteiger partial charge in [0.25, 0.3) is 11.1 Å². The number of methoxy groups -OCH3 is 1. The largest absolute Gasteiger partial charge is 0.493 e. The summed E-state index contributed by atoms with van der Waals surface area (Å²) in [6.07, 6.45) is 4.53. The van der Waals surface area contributed by atoms with E-state index >= 15 is 0 Å². The van der Waals surface area contributed by atoms with E-state index in [1.165, 1.54) is 13.2 Å². The maximum atomic E-state index is 12.6. The molecule has 3 aromatic rings. The molecule has 1 aromatic heterocycles. The summed E-state index contributed by atoms with van der Waals surface area (Å²) in [5.74, 6) is 0.224. The van der Waals surface area contributed by atoms with Crippen LogP contribution in [0.2, 0.25) is 0 Å². The Bertz CT molecular complexity index is 1410. The average molecular weight is 511 g/mol. The number of hydrogen-bond donors (Lipinski definition) is 1. The third-order valence-electron chi connectivity index (χ3n) is 4.60. The monoisotopic (exact) mass is 510 g/mol. The average Bonchev–Trinajstić information content (AvgIpc) is 3.31. The molecule has 9 nitrogen and oxygen atoms in total. The highest BCUT2D eigenvalue weighted by Gasteiger charge is 2.18. The van der Waals surface area contributed by atoms with Gasteiger partial charge in [0, 0.05) is 23.4 Å². The fourth-order valence-corrected chi connectivity index (χ4v) is 4.45. The van der Waals surface area contributed by atoms with Gasteiger partial charge in [0.05, 0.1) is 7.11 Å². The molecule has 0 saturated carbocycles. The quantitative estimate of drug-likeness (QED) is 0.247. The van der Waals surface area contributed by atoms with Crippen LogP contribution in [0.1, 0.15) is 16.7 Å². The molecule has 3 rings (SSSR count). The van der Waals surface area contributed by atoms with Crippen molar-refractivity contribution in [3.05, 3.63) is 77.4 Å². The number of nitriles is 1. The van der Waals surface area contributed by atoms with Gasteiger partial charge in [-0.1, -0.05) is 36.4 Å². The number of amides is 1. The zero-order valence-corrected chi connectivity index (χ0v) is 20.6. The minimum Gasteiger partial charge on any atom is -0.493 e. The number of anilines is 1. The van der Waals surface area contributed by atoms with Crippen molar-refractivity contribution >= 4 is 38.5 Å². The van der Waals surface area contributed by atoms with Crippen LogP contribution in [-0.4, -0.2) is 37.0 Å². The molecule has 180 valence electrons. The highest BCUT2D eigenvalue weighted by Crippen LogP contribution is 2.35. The van der Waals surface area contributed by atoms with Gasteiger partial charge in [-0.2, -0.15) is 14.6 Å². The van der Waals surface area contributed by atoms with E-state index in [1.54, 1.807) is 18.2 Å². The summed E-state index contributed by atoms with van der Waals surface area (Å²) in [6, 6.07) is 15.0. The number of carbonyl (C=O) groups is 1. The van der Waals surface area contributed by atoms with Crippen molar-refractivity contribution in [2.24, 2.45) is 0 Å². The van der Waals surface area contributed by atoms with Crippen molar-refractivity contribution in [2.45, 2.75) is 18.2 Å². The van der Waals surface area contributed by atoms with Crippen LogP contribution in [0.5, 0.6) is 11.5 Å². The van der Waals surface area contributed by atoms with Gasteiger partial charge < -0.3 is 9.47 Å². The molecule has 0 fully saturated rings. The number of hydrogen-bond acceptors (Lipinski definition) is 9. The Morgan fingerprint density at radius 3 is 2.63 bits per heavy atom. The van der Waals surface area contributed by atoms with Gasteiger partial charge in [-0.15, -0.1) is 6.58 Å². The predicted molar refractivity (Wildman–Crippen MR) is 133 cm³/mol. The first kappa shape index (κ1) is 25.6. The molecular formula is C24H22N4O5S2. The summed E-state index contributed by atoms with van der Waals surface area (Å²) in [5.41, 5.74) is 2.07. The summed E-state index contributed by atoms with van der Waals surface area (Å²) in [7, 11) is -2.11. The summed E-state index contributed by atoms with van der Waals surface area (Å²) < 4.78 is 38.3. The molecule has 2 aromatic carbocycles. The SMILES string of the molecule is C=CCc1cc(C=C(C#N)C(=O)Nc2nc(S(C)(=O)=O)ns2)cc(OC)c1OCc1ccccc1. The molecule has 0 atom stereocenters. The van der Waals surface area contributed by atoms with E-state index in [0.29, 0.717) is 41.6 Å². The molecule has 0 bridgehead atoms. The highest BCUT2D eigenvalue weighted by molar-refractivity contribution is 7.90. The van der Waals surface area contributed by atoms with Gasteiger partial charge >= 0.3 is 0 Å². The molecule has 0 saturated heterocycles. The number of carbonyl (C=O) groups excluding carboxylic acids is 1. The van der Waals surface area contributed by atoms with Crippen molar-refractivity contribution in [1.29, 1.82) is 5.26 Å². The molecule has 0 aliphatic heterocycles. The zero-order chi connectivity index (χ0) is 25.4. The van der Waals surface area contributed by atoms with Crippen LogP contribution in [-0.2, 0) is 27.7 Å². The Hall–Kier alpha value is -4.01. The van der Waals surface area contributed by atoms with E-state index in [0.717, 1.165) is 17.4 Å². The number of nitrogens with zero attached hydrogens (tertiary/aromatic N) is 3. The summed E-state index contributed by atoms with van der Waals surface area (Å²) >= 11 is 0.703. The highest BCUT2D eigenvalue weighted by atomic mass is 32.2. The van der Waals surface area contributed by atoms with Gasteiger partial charge in [0.2, 0.25) is 15.0 Å². The summed E-state index contributed by atoms with van der Waals surface area (Å²) in [5, 5.41) is 11.5. The summed E-state index contributed by atoms with van der Waals surface area (Å²) in [4.78, 5) is 16.4. The van der Waals surface area contributed by atoms with Gasteiger partial charge in [-0.25, -0.2) is 8.42 Å². The van der Waals surface area contributed by atoms with Crippen LogP contribution < -0.4 is 14.8 Å². The minimum atomic E-state index is -3.61. The van der Waals surface area contributed by atoms with Gasteiger partial charge in [0.15, 0.2) is 11.5 Å². The maximum absolute atomic E-state index is 12.6. The summed E-state index contributed by atoms with van der Waals surface area (Å²) in [6.45, 7) is 4.12. The Morgan fingerprint density at radius 2 is 2.03 bits per heavy atom. The van der Waals surface area contributed by atoms with Crippen molar-refractivity contribution in [3.63, 3.8) is 0 Å². The number of allylic oxidation sites excluding steroid dienone is 1. The zero-order valence-electron chi connectivity index (χ0n) is 19.0. The lowest BCUT2D eigenvalue weighted by Gasteiger charge is -2.16. The number of aromatic nitrogens is 2. The number of rotatable bonds is 10. The van der Waals surface area contributed by atoms with E-state index < -0.39 is 20.9 Å². The minimum absolute atomic E-state index is 0.0360. The molecule has 0 aliphatic rings. The number of sulfone groups is 1. The van der Waals surface area contributed by atoms with Crippen LogP contribution in [0.4, 0.5) is 5.13 Å². The second kappa shape index (κ2) is 11.4. The fourth-order valence-electron chi connectivity index (χ4n) is 3.01. The second-order valence-electron chi connectivity index (χ2n) is 7.26. The lowest BCUT2D eigenvalue weighted by molar-refractivity contribution is -0.112. The fraction of sp³-hybridized carbons (Fsp3) is 0.167. The van der Waals surface area contributed by atoms with E-state index in [-0.39, 0.29) is 10.7 Å². The second-order valence-corrected chi connectivity index (χ2v) is 9.92. The number of ether oxygens (including phenoxy) is 2. The Labute approximate surface area is 207 Å². The van der Waals surface area contributed by atoms with E-state index in [2.05, 4.69) is 21.3 Å². The van der Waals surface area contributed by atoms with Gasteiger partial charge in [0.1, 0.15) is 18.2 Å². The Morgan fingerprint density at radius 1 is 1.29 bits per heavy atom. The molecule has 11 heteroatoms. The molecule has 0 spiro atoms. The predicted octanol–water partition coefficient (Wildman–Crippen LogP) is 3.80. The van der Waals surface area contributed by atoms with Crippen LogP contribution in [0, 0.1) is 11.3 Å². The molecule has 35 heavy (non-hydrogen) atoms. The Kier molecular flexibility index (Phi) is 8.35. The van der Waals surface area contributed by atoms with E-state index in [9.17, 15) is 18.5 Å². The van der Waals surface area contributed by atoms with Gasteiger partial charge in [-0.05, 0) is 35.8 Å². The van der Waals surface area contributed by atoms with Crippen LogP contribution in [0.25, 0.3) is 6.08 Å². The van der Waals surface area contributed by atoms with E-state index in [1.807, 2.05) is 36.4 Å². The van der Waals surface area contributed by atoms with Crippen molar-refractivity contribution in [2.75, 3.05) is 18.7 Å². The smallest absolute Gasteiger partial charge is 0.268 e. The molecule has 1 N–H and O–H groups in total. The molecular weight excluding hydrogens is 488 g/mol. The third-order valence-corrected chi connectivity index (χ3v) is 6.19. The molecule has 0 radical (unpaired) electrons. The third kappa shape index (κ3) is 6.75. The van der Waals surface area contributed by atoms with E-state index in [4.69, 9.17) is 9.47 Å². The first-order valence-electron chi connectivity index (χ1n) is 10.2. The van der Waals surface area contributed by atoms with Gasteiger partial charge in [-0.3, -0.25) is 10.1 Å². The standard InChI is InChI=1S/C24H22N4O5S2/c1-4-8-18-11-17(13-20(32-2)21(18)33-15-16-9-6-5-7-10-16)12-19(14-25)22(29)26-23-27-24(28-34-23)35(3,30)31/h4-7,9-13H,1,8,15H2,2-3H3,(H,26,27,28,29). The van der Waals surface area contributed by atoms with Crippen LogP contribution in [0.3, 0.4) is 0 Å². The van der Waals surface area contributed by atoms with Crippen LogP contribution in [0.15, 0.2) is 65.8 Å². The maximum Gasteiger partial charge on any atom is 0.268 e. The lowest BCUT2D eigenvalue weighted by atomic mass is 10.0. The Balaban J connectivity index is 1.88. The first-order chi connectivity index (χ1) is 16.7. The van der Waals surface area contributed by atoms with Crippen LogP contribution >= 0.6 is 11.5 Å². The van der Waals surface area contributed by atoms with Crippen molar-refractivity contribution < 1.29 is 22.7 Å². The topological polar surface area (TPSA) is 131 Å². The van der Waals surface area contributed by atoms with Crippen molar-refractivity contribution in [3.8, 4) is 17.6 Å². The molecule has 1 amide bonds. The number of benzene rings is 2. The molecule has 0 unspecified atom stereocenters. The molecule has 1 heterocycles. The first-order valence-corrected chi connectivity index (χ1v) is 12.9. The van der Waals surface area contributed by atoms with Crippen molar-refractivity contribution in [1.82, 2.24) is 9.36 Å². The normalized spacial score (nSPS) is 11.4. The lowest BCUT2D eigenvalue weighted by Crippen LogP contribution is -2.13. The number of nitrogens with one attached hydrogen (secondary N) is 1. The molecule has 0 aliphatic carbocycles.